The molecule has 1 aromatic heterocycles. The highest BCUT2D eigenvalue weighted by Crippen LogP contribution is 2.37. The summed E-state index contributed by atoms with van der Waals surface area (Å²) in [5, 5.41) is 16.4. The van der Waals surface area contributed by atoms with Crippen LogP contribution in [0, 0.1) is 5.92 Å². The van der Waals surface area contributed by atoms with E-state index in [1.807, 2.05) is 18.2 Å². The van der Waals surface area contributed by atoms with Gasteiger partial charge in [0.2, 0.25) is 0 Å². The summed E-state index contributed by atoms with van der Waals surface area (Å²) in [5.74, 6) is -0.0931. The molecule has 0 aliphatic heterocycles. The smallest absolute Gasteiger partial charge is 0.303 e. The van der Waals surface area contributed by atoms with E-state index in [4.69, 9.17) is 5.11 Å². The van der Waals surface area contributed by atoms with Crippen LogP contribution >= 0.6 is 0 Å². The Hall–Kier alpha value is -2.63. The number of carbonyl (C=O) groups excluding carboxylic acids is 1. The number of aromatic nitrogens is 2. The SMILES string of the molecule is Cn1nc(C(C)(C)C)cc1C(=O)Nc1ccc([C@H]2CC[C@H](CC(=O)O)CC2)cc1. The van der Waals surface area contributed by atoms with Crippen LogP contribution in [0.3, 0.4) is 0 Å². The topological polar surface area (TPSA) is 84.2 Å². The molecule has 1 amide bonds. The number of nitrogens with zero attached hydrogens (tertiary/aromatic N) is 2. The predicted molar refractivity (Wildman–Crippen MR) is 113 cm³/mol. The van der Waals surface area contributed by atoms with Crippen LogP contribution in [-0.4, -0.2) is 26.8 Å². The molecule has 1 aliphatic rings. The van der Waals surface area contributed by atoms with Gasteiger partial charge in [-0.3, -0.25) is 14.3 Å². The van der Waals surface area contributed by atoms with E-state index >= 15 is 0 Å². The van der Waals surface area contributed by atoms with E-state index in [0.717, 1.165) is 37.1 Å². The quantitative estimate of drug-likeness (QED) is 0.765. The number of aryl methyl sites for hydroxylation is 1. The van der Waals surface area contributed by atoms with E-state index in [1.165, 1.54) is 5.56 Å². The van der Waals surface area contributed by atoms with Gasteiger partial charge >= 0.3 is 5.97 Å². The van der Waals surface area contributed by atoms with Crippen molar-refractivity contribution < 1.29 is 14.7 Å². The molecular weight excluding hydrogens is 366 g/mol. The number of carboxylic acid groups (broad SMARTS) is 1. The molecule has 2 N–H and O–H groups in total. The Balaban J connectivity index is 1.61. The van der Waals surface area contributed by atoms with Crippen molar-refractivity contribution in [3.05, 3.63) is 47.3 Å². The van der Waals surface area contributed by atoms with E-state index in [1.54, 1.807) is 11.7 Å². The number of nitrogens with one attached hydrogen (secondary N) is 1. The maximum atomic E-state index is 12.7. The predicted octanol–water partition coefficient (Wildman–Crippen LogP) is 4.72. The van der Waals surface area contributed by atoms with Crippen molar-refractivity contribution >= 4 is 17.6 Å². The van der Waals surface area contributed by atoms with Crippen molar-refractivity contribution in [1.29, 1.82) is 0 Å². The van der Waals surface area contributed by atoms with Crippen LogP contribution in [0.2, 0.25) is 0 Å². The third kappa shape index (κ3) is 5.25. The van der Waals surface area contributed by atoms with Crippen LogP contribution in [0.5, 0.6) is 0 Å². The van der Waals surface area contributed by atoms with Crippen molar-refractivity contribution in [2.45, 2.75) is 64.2 Å². The fraction of sp³-hybridized carbons (Fsp3) is 0.522. The van der Waals surface area contributed by atoms with Crippen LogP contribution in [0.4, 0.5) is 5.69 Å². The zero-order valence-electron chi connectivity index (χ0n) is 17.7. The molecule has 156 valence electrons. The van der Waals surface area contributed by atoms with Crippen LogP contribution in [0.25, 0.3) is 0 Å². The first-order chi connectivity index (χ1) is 13.6. The van der Waals surface area contributed by atoms with Crippen LogP contribution in [0.15, 0.2) is 30.3 Å². The minimum atomic E-state index is -0.698. The molecule has 0 bridgehead atoms. The first kappa shape index (κ1) is 21.1. The zero-order chi connectivity index (χ0) is 21.2. The molecule has 0 spiro atoms. The Morgan fingerprint density at radius 2 is 1.76 bits per heavy atom. The summed E-state index contributed by atoms with van der Waals surface area (Å²) < 4.78 is 1.62. The van der Waals surface area contributed by atoms with Crippen molar-refractivity contribution in [2.75, 3.05) is 5.32 Å². The summed E-state index contributed by atoms with van der Waals surface area (Å²) in [6, 6.07) is 9.87. The minimum Gasteiger partial charge on any atom is -0.481 e. The van der Waals surface area contributed by atoms with Gasteiger partial charge in [0.05, 0.1) is 5.69 Å². The number of benzene rings is 1. The molecule has 29 heavy (non-hydrogen) atoms. The second-order valence-electron chi connectivity index (χ2n) is 9.18. The monoisotopic (exact) mass is 397 g/mol. The lowest BCUT2D eigenvalue weighted by Crippen LogP contribution is -2.17. The van der Waals surface area contributed by atoms with Gasteiger partial charge in [0.25, 0.3) is 5.91 Å². The number of carbonyl (C=O) groups is 2. The highest BCUT2D eigenvalue weighted by atomic mass is 16.4. The Morgan fingerprint density at radius 3 is 2.28 bits per heavy atom. The van der Waals surface area contributed by atoms with Gasteiger partial charge < -0.3 is 10.4 Å². The normalized spacial score (nSPS) is 19.7. The first-order valence-corrected chi connectivity index (χ1v) is 10.3. The Kier molecular flexibility index (Phi) is 6.10. The Morgan fingerprint density at radius 1 is 1.14 bits per heavy atom. The molecule has 0 saturated heterocycles. The Labute approximate surface area is 172 Å². The van der Waals surface area contributed by atoms with Gasteiger partial charge in [-0.1, -0.05) is 32.9 Å². The van der Waals surface area contributed by atoms with Crippen LogP contribution in [0.1, 0.15) is 80.5 Å². The molecule has 6 heteroatoms. The van der Waals surface area contributed by atoms with E-state index < -0.39 is 5.97 Å². The third-order valence-corrected chi connectivity index (χ3v) is 5.83. The van der Waals surface area contributed by atoms with Gasteiger partial charge in [0.1, 0.15) is 5.69 Å². The van der Waals surface area contributed by atoms with Gasteiger partial charge in [-0.25, -0.2) is 0 Å². The lowest BCUT2D eigenvalue weighted by Gasteiger charge is -2.28. The average Bonchev–Trinajstić information content (AvgIpc) is 3.05. The van der Waals surface area contributed by atoms with Crippen molar-refractivity contribution in [3.63, 3.8) is 0 Å². The van der Waals surface area contributed by atoms with Gasteiger partial charge in [-0.2, -0.15) is 5.10 Å². The second kappa shape index (κ2) is 8.39. The average molecular weight is 398 g/mol. The summed E-state index contributed by atoms with van der Waals surface area (Å²) in [6.07, 6.45) is 4.25. The van der Waals surface area contributed by atoms with Crippen LogP contribution < -0.4 is 5.32 Å². The van der Waals surface area contributed by atoms with Crippen LogP contribution in [-0.2, 0) is 17.3 Å². The number of hydrogen-bond donors (Lipinski definition) is 2. The van der Waals surface area contributed by atoms with Gasteiger partial charge in [-0.15, -0.1) is 0 Å². The summed E-state index contributed by atoms with van der Waals surface area (Å²) in [7, 11) is 1.79. The number of amides is 1. The first-order valence-electron chi connectivity index (χ1n) is 10.3. The third-order valence-electron chi connectivity index (χ3n) is 5.83. The number of hydrogen-bond acceptors (Lipinski definition) is 3. The largest absolute Gasteiger partial charge is 0.481 e. The molecule has 0 radical (unpaired) electrons. The molecule has 1 aromatic carbocycles. The van der Waals surface area contributed by atoms with E-state index in [2.05, 4.69) is 43.3 Å². The van der Waals surface area contributed by atoms with Gasteiger partial charge in [-0.05, 0) is 61.3 Å². The number of carboxylic acids is 1. The van der Waals surface area contributed by atoms with E-state index in [0.29, 0.717) is 17.5 Å². The molecule has 1 saturated carbocycles. The number of aliphatic carboxylic acids is 1. The summed E-state index contributed by atoms with van der Waals surface area (Å²) >= 11 is 0. The fourth-order valence-corrected chi connectivity index (χ4v) is 4.03. The number of rotatable bonds is 5. The van der Waals surface area contributed by atoms with E-state index in [9.17, 15) is 9.59 Å². The van der Waals surface area contributed by atoms with Crippen molar-refractivity contribution in [1.82, 2.24) is 9.78 Å². The standard InChI is InChI=1S/C23H31N3O3/c1-23(2,3)20-14-19(26(4)25-20)22(29)24-18-11-9-17(10-12-18)16-7-5-15(6-8-16)13-21(27)28/h9-12,14-16H,5-8,13H2,1-4H3,(H,24,29)(H,27,28)/t15-,16-. The minimum absolute atomic E-state index is 0.110. The molecule has 1 fully saturated rings. The molecular formula is C23H31N3O3. The maximum absolute atomic E-state index is 12.7. The molecule has 2 aromatic rings. The lowest BCUT2D eigenvalue weighted by molar-refractivity contribution is -0.138. The van der Waals surface area contributed by atoms with Crippen molar-refractivity contribution in [2.24, 2.45) is 13.0 Å². The van der Waals surface area contributed by atoms with Gasteiger partial charge in [0, 0.05) is 24.6 Å². The lowest BCUT2D eigenvalue weighted by atomic mass is 9.77. The molecule has 0 atom stereocenters. The maximum Gasteiger partial charge on any atom is 0.303 e. The van der Waals surface area contributed by atoms with E-state index in [-0.39, 0.29) is 17.7 Å². The molecule has 1 aliphatic carbocycles. The summed E-state index contributed by atoms with van der Waals surface area (Å²) in [6.45, 7) is 6.22. The second-order valence-corrected chi connectivity index (χ2v) is 9.18. The summed E-state index contributed by atoms with van der Waals surface area (Å²) in [5.41, 5.74) is 3.33. The zero-order valence-corrected chi connectivity index (χ0v) is 17.7. The molecule has 0 unspecified atom stereocenters. The molecule has 1 heterocycles. The van der Waals surface area contributed by atoms with Crippen molar-refractivity contribution in [3.8, 4) is 0 Å². The highest BCUT2D eigenvalue weighted by molar-refractivity contribution is 6.03. The summed E-state index contributed by atoms with van der Waals surface area (Å²) in [4.78, 5) is 23.5. The fourth-order valence-electron chi connectivity index (χ4n) is 4.03. The molecule has 6 nitrogen and oxygen atoms in total. The Bertz CT molecular complexity index is 870. The van der Waals surface area contributed by atoms with Gasteiger partial charge in [0.15, 0.2) is 0 Å². The molecule has 3 rings (SSSR count). The number of anilines is 1. The highest BCUT2D eigenvalue weighted by Gasteiger charge is 2.24.